The third kappa shape index (κ3) is 5.55. The number of hydrogen-bond donors (Lipinski definition) is 0. The summed E-state index contributed by atoms with van der Waals surface area (Å²) in [5.74, 6) is 2.30. The second kappa shape index (κ2) is 13.4. The number of aromatic nitrogens is 4. The predicted octanol–water partition coefficient (Wildman–Crippen LogP) is 13.2. The van der Waals surface area contributed by atoms with Gasteiger partial charge in [-0.05, 0) is 76.5 Å². The van der Waals surface area contributed by atoms with Crippen molar-refractivity contribution in [2.75, 3.05) is 0 Å². The van der Waals surface area contributed by atoms with Gasteiger partial charge in [-0.25, -0.2) is 15.0 Å². The minimum absolute atomic E-state index is 0.378. The van der Waals surface area contributed by atoms with Gasteiger partial charge in [0.25, 0.3) is 0 Å². The fourth-order valence-corrected chi connectivity index (χ4v) is 9.54. The molecule has 1 aliphatic carbocycles. The fraction of sp³-hybridized carbons (Fsp3) is 0.0392. The van der Waals surface area contributed by atoms with Crippen LogP contribution in [-0.2, 0) is 6.42 Å². The van der Waals surface area contributed by atoms with E-state index in [1.54, 1.807) is 0 Å². The van der Waals surface area contributed by atoms with Gasteiger partial charge in [0.05, 0.1) is 11.0 Å². The van der Waals surface area contributed by atoms with Gasteiger partial charge >= 0.3 is 0 Å². The Balaban J connectivity index is 1.16. The van der Waals surface area contributed by atoms with E-state index in [9.17, 15) is 0 Å². The van der Waals surface area contributed by atoms with E-state index in [4.69, 9.17) is 15.0 Å². The first-order chi connectivity index (χ1) is 27.7. The van der Waals surface area contributed by atoms with Crippen molar-refractivity contribution in [3.05, 3.63) is 198 Å². The summed E-state index contributed by atoms with van der Waals surface area (Å²) in [4.78, 5) is 16.7. The SMILES string of the molecule is C1=CC(c2ccccc2)Cc2c1sc1cc(-c3cc(-c4nc(-c5ccccc5)nc(-c5ccccc5)n4)cc4c3c3ccccc3n4-c3ccccc3)ccc21. The molecule has 0 spiro atoms. The van der Waals surface area contributed by atoms with Crippen LogP contribution in [0.4, 0.5) is 0 Å². The lowest BCUT2D eigenvalue weighted by molar-refractivity contribution is 0.837. The molecule has 0 amide bonds. The van der Waals surface area contributed by atoms with E-state index in [0.717, 1.165) is 45.4 Å². The molecule has 10 aromatic rings. The average Bonchev–Trinajstić information content (AvgIpc) is 3.82. The molecular formula is C51H34N4S. The van der Waals surface area contributed by atoms with E-state index in [0.29, 0.717) is 23.4 Å². The van der Waals surface area contributed by atoms with Gasteiger partial charge < -0.3 is 4.57 Å². The van der Waals surface area contributed by atoms with E-state index in [1.165, 1.54) is 42.4 Å². The summed E-state index contributed by atoms with van der Waals surface area (Å²) in [5, 5.41) is 3.76. The van der Waals surface area contributed by atoms with Crippen molar-refractivity contribution < 1.29 is 0 Å². The highest BCUT2D eigenvalue weighted by Crippen LogP contribution is 2.45. The summed E-state index contributed by atoms with van der Waals surface area (Å²) >= 11 is 1.89. The van der Waals surface area contributed by atoms with Gasteiger partial charge in [-0.2, -0.15) is 0 Å². The normalized spacial score (nSPS) is 13.8. The first kappa shape index (κ1) is 32.5. The summed E-state index contributed by atoms with van der Waals surface area (Å²) in [5.41, 5.74) is 11.3. The van der Waals surface area contributed by atoms with Gasteiger partial charge in [-0.1, -0.05) is 146 Å². The van der Waals surface area contributed by atoms with Crippen molar-refractivity contribution in [2.45, 2.75) is 12.3 Å². The van der Waals surface area contributed by atoms with E-state index >= 15 is 0 Å². The maximum Gasteiger partial charge on any atom is 0.164 e. The molecule has 0 saturated heterocycles. The van der Waals surface area contributed by atoms with Crippen LogP contribution in [0.25, 0.3) is 88.9 Å². The Morgan fingerprint density at radius 3 is 1.80 bits per heavy atom. The lowest BCUT2D eigenvalue weighted by Gasteiger charge is -2.17. The molecule has 3 heterocycles. The van der Waals surface area contributed by atoms with E-state index in [-0.39, 0.29) is 0 Å². The largest absolute Gasteiger partial charge is 0.309 e. The van der Waals surface area contributed by atoms with Crippen LogP contribution in [0, 0.1) is 0 Å². The maximum atomic E-state index is 5.19. The molecule has 11 rings (SSSR count). The molecule has 5 heteroatoms. The number of rotatable bonds is 6. The van der Waals surface area contributed by atoms with E-state index in [2.05, 4.69) is 156 Å². The maximum absolute atomic E-state index is 5.19. The summed E-state index contributed by atoms with van der Waals surface area (Å²) in [7, 11) is 0. The zero-order valence-electron chi connectivity index (χ0n) is 30.4. The standard InChI is InChI=1S/C51H34N4S/c1-5-15-33(16-6-1)36-26-28-46-43(29-36)40-27-25-37(32-47(40)56-46)42-30-38(31-45-48(42)41-23-13-14-24-44(41)55(45)39-21-11-4-12-22-39)51-53-49(34-17-7-2-8-18-34)52-50(54-51)35-19-9-3-10-20-35/h1-28,30-32,36H,29H2. The highest BCUT2D eigenvalue weighted by molar-refractivity contribution is 7.20. The zero-order valence-corrected chi connectivity index (χ0v) is 31.2. The molecule has 1 atom stereocenters. The Hall–Kier alpha value is -6.95. The van der Waals surface area contributed by atoms with Crippen LogP contribution in [0.1, 0.15) is 21.9 Å². The topological polar surface area (TPSA) is 43.6 Å². The quantitative estimate of drug-likeness (QED) is 0.171. The molecule has 3 aromatic heterocycles. The first-order valence-electron chi connectivity index (χ1n) is 19.0. The van der Waals surface area contributed by atoms with Crippen molar-refractivity contribution in [3.63, 3.8) is 0 Å². The minimum atomic E-state index is 0.378. The van der Waals surface area contributed by atoms with Crippen molar-refractivity contribution in [1.82, 2.24) is 19.5 Å². The van der Waals surface area contributed by atoms with Crippen LogP contribution >= 0.6 is 11.3 Å². The highest BCUT2D eigenvalue weighted by Gasteiger charge is 2.23. The number of hydrogen-bond acceptors (Lipinski definition) is 4. The number of allylic oxidation sites excluding steroid dienone is 1. The molecule has 0 fully saturated rings. The second-order valence-electron chi connectivity index (χ2n) is 14.4. The smallest absolute Gasteiger partial charge is 0.164 e. The lowest BCUT2D eigenvalue weighted by atomic mass is 9.87. The van der Waals surface area contributed by atoms with Crippen LogP contribution < -0.4 is 0 Å². The van der Waals surface area contributed by atoms with Gasteiger partial charge in [0.15, 0.2) is 17.5 Å². The molecule has 0 radical (unpaired) electrons. The number of benzene rings is 7. The summed E-state index contributed by atoms with van der Waals surface area (Å²) < 4.78 is 3.68. The summed E-state index contributed by atoms with van der Waals surface area (Å²) in [6.07, 6.45) is 5.72. The van der Waals surface area contributed by atoms with Crippen LogP contribution in [0.2, 0.25) is 0 Å². The molecule has 264 valence electrons. The average molecular weight is 735 g/mol. The number of para-hydroxylation sites is 2. The molecule has 4 nitrogen and oxygen atoms in total. The minimum Gasteiger partial charge on any atom is -0.309 e. The van der Waals surface area contributed by atoms with Gasteiger partial charge in [0.1, 0.15) is 0 Å². The zero-order chi connectivity index (χ0) is 37.0. The summed E-state index contributed by atoms with van der Waals surface area (Å²) in [6, 6.07) is 62.3. The predicted molar refractivity (Wildman–Crippen MR) is 233 cm³/mol. The van der Waals surface area contributed by atoms with E-state index in [1.807, 2.05) is 47.7 Å². The van der Waals surface area contributed by atoms with Crippen LogP contribution in [0.3, 0.4) is 0 Å². The Morgan fingerprint density at radius 1 is 0.500 bits per heavy atom. The highest BCUT2D eigenvalue weighted by atomic mass is 32.1. The molecule has 7 aromatic carbocycles. The number of nitrogens with zero attached hydrogens (tertiary/aromatic N) is 4. The number of fused-ring (bicyclic) bond motifs is 6. The second-order valence-corrected chi connectivity index (χ2v) is 15.5. The van der Waals surface area contributed by atoms with Crippen molar-refractivity contribution in [1.29, 1.82) is 0 Å². The lowest BCUT2D eigenvalue weighted by Crippen LogP contribution is -2.03. The molecule has 0 aliphatic heterocycles. The third-order valence-electron chi connectivity index (χ3n) is 11.0. The Labute approximate surface area is 328 Å². The van der Waals surface area contributed by atoms with Gasteiger partial charge in [-0.15, -0.1) is 11.3 Å². The van der Waals surface area contributed by atoms with Crippen molar-refractivity contribution >= 4 is 49.3 Å². The van der Waals surface area contributed by atoms with Crippen LogP contribution in [0.5, 0.6) is 0 Å². The first-order valence-corrected chi connectivity index (χ1v) is 19.9. The molecule has 56 heavy (non-hydrogen) atoms. The molecular weight excluding hydrogens is 701 g/mol. The Morgan fingerprint density at radius 2 is 1.11 bits per heavy atom. The van der Waals surface area contributed by atoms with E-state index < -0.39 is 0 Å². The molecule has 0 saturated carbocycles. The van der Waals surface area contributed by atoms with Crippen molar-refractivity contribution in [3.8, 4) is 51.0 Å². The third-order valence-corrected chi connectivity index (χ3v) is 12.2. The number of thiophene rings is 1. The van der Waals surface area contributed by atoms with Gasteiger partial charge in [0.2, 0.25) is 0 Å². The monoisotopic (exact) mass is 734 g/mol. The molecule has 1 aliphatic rings. The fourth-order valence-electron chi connectivity index (χ4n) is 8.35. The Kier molecular flexibility index (Phi) is 7.78. The van der Waals surface area contributed by atoms with Gasteiger partial charge in [0, 0.05) is 48.6 Å². The van der Waals surface area contributed by atoms with Crippen LogP contribution in [-0.4, -0.2) is 19.5 Å². The van der Waals surface area contributed by atoms with Crippen LogP contribution in [0.15, 0.2) is 182 Å². The summed E-state index contributed by atoms with van der Waals surface area (Å²) in [6.45, 7) is 0. The molecule has 0 N–H and O–H groups in total. The Bertz CT molecular complexity index is 3040. The molecule has 0 bridgehead atoms. The van der Waals surface area contributed by atoms with Crippen molar-refractivity contribution in [2.24, 2.45) is 0 Å². The van der Waals surface area contributed by atoms with Gasteiger partial charge in [-0.3, -0.25) is 0 Å². The molecule has 1 unspecified atom stereocenters.